The summed E-state index contributed by atoms with van der Waals surface area (Å²) >= 11 is 10.1. The standard InChI is InChI=1S/CH3NO2S3/c3-1(4-7)2(5)6/h5-7H. The van der Waals surface area contributed by atoms with Crippen LogP contribution in [0, 0.1) is 0 Å². The molecule has 3 nitrogen and oxygen atoms in total. The fourth-order valence-electron chi connectivity index (χ4n) is 0.0365. The Morgan fingerprint density at radius 2 is 2.00 bits per heavy atom. The monoisotopic (exact) mass is 157 g/mol. The van der Waals surface area contributed by atoms with Gasteiger partial charge in [0.05, 0.1) is 0 Å². The molecule has 0 N–H and O–H groups in total. The molecule has 0 bridgehead atoms. The Labute approximate surface area is 57.7 Å². The van der Waals surface area contributed by atoms with E-state index in [0.717, 1.165) is 0 Å². The lowest BCUT2D eigenvalue weighted by Crippen LogP contribution is -2.07. The van der Waals surface area contributed by atoms with Crippen molar-refractivity contribution in [1.82, 2.24) is 3.71 Å². The van der Waals surface area contributed by atoms with Crippen LogP contribution in [0.15, 0.2) is 0 Å². The molecule has 0 saturated heterocycles. The minimum atomic E-state index is -0.727. The van der Waals surface area contributed by atoms with Crippen molar-refractivity contribution >= 4 is 44.6 Å². The number of rotatable bonds is 0. The van der Waals surface area contributed by atoms with Crippen LogP contribution in [-0.4, -0.2) is 9.80 Å². The van der Waals surface area contributed by atoms with E-state index >= 15 is 0 Å². The van der Waals surface area contributed by atoms with Gasteiger partial charge in [0, 0.05) is 12.9 Å². The predicted octanol–water partition coefficient (Wildman–Crippen LogP) is 0.959. The summed E-state index contributed by atoms with van der Waals surface area (Å²) in [6, 6.07) is 0. The van der Waals surface area contributed by atoms with E-state index in [9.17, 15) is 4.79 Å². The number of hydrogen-bond acceptors (Lipinski definition) is 5. The molecule has 42 valence electrons. The summed E-state index contributed by atoms with van der Waals surface area (Å²) in [6.45, 7) is 0. The van der Waals surface area contributed by atoms with Crippen molar-refractivity contribution in [1.29, 1.82) is 0 Å². The first kappa shape index (κ1) is 7.32. The highest BCUT2D eigenvalue weighted by molar-refractivity contribution is 7.94. The Morgan fingerprint density at radius 1 is 1.57 bits per heavy atom. The third kappa shape index (κ3) is 2.95. The zero-order valence-corrected chi connectivity index (χ0v) is 5.79. The van der Waals surface area contributed by atoms with Crippen LogP contribution >= 0.6 is 38.5 Å². The lowest BCUT2D eigenvalue weighted by molar-refractivity contribution is 0.206. The molecule has 0 aromatic rings. The second kappa shape index (κ2) is 3.34. The van der Waals surface area contributed by atoms with E-state index in [2.05, 4.69) is 42.7 Å². The lowest BCUT2D eigenvalue weighted by atomic mass is 11.3. The first-order valence-corrected chi connectivity index (χ1v) is 2.38. The molecule has 0 unspecified atom stereocenters. The molecule has 0 heterocycles. The second-order valence-electron chi connectivity index (χ2n) is 0.647. The van der Waals surface area contributed by atoms with Gasteiger partial charge in [0.1, 0.15) is 0 Å². The summed E-state index contributed by atoms with van der Waals surface area (Å²) in [5.74, 6) is 0. The largest absolute Gasteiger partial charge is 0.441 e. The summed E-state index contributed by atoms with van der Waals surface area (Å²) < 4.78 is 4.51. The maximum absolute atomic E-state index is 9.99. The van der Waals surface area contributed by atoms with E-state index < -0.39 is 6.09 Å². The van der Waals surface area contributed by atoms with Crippen molar-refractivity contribution in [2.24, 2.45) is 0 Å². The Morgan fingerprint density at radius 3 is 2.00 bits per heavy atom. The molecule has 0 aromatic carbocycles. The maximum atomic E-state index is 9.99. The molecule has 0 radical (unpaired) electrons. The number of amides is 1. The van der Waals surface area contributed by atoms with Crippen molar-refractivity contribution in [2.45, 2.75) is 0 Å². The Hall–Kier alpha value is 0.320. The first-order valence-electron chi connectivity index (χ1n) is 1.21. The average Bonchev–Trinajstić information content (AvgIpc) is 1.65. The van der Waals surface area contributed by atoms with Crippen LogP contribution in [0.3, 0.4) is 0 Å². The van der Waals surface area contributed by atoms with Gasteiger partial charge in [0.2, 0.25) is 0 Å². The van der Waals surface area contributed by atoms with Crippen LogP contribution in [0.25, 0.3) is 0 Å². The summed E-state index contributed by atoms with van der Waals surface area (Å²) in [7, 11) is 0. The van der Waals surface area contributed by atoms with Crippen LogP contribution in [-0.2, 0) is 4.18 Å². The highest BCUT2D eigenvalue weighted by Gasteiger charge is 2.01. The lowest BCUT2D eigenvalue weighted by Gasteiger charge is -2.00. The molecule has 0 rings (SSSR count). The Bertz CT molecular complexity index is 73.3. The molecule has 0 aliphatic rings. The van der Waals surface area contributed by atoms with Crippen molar-refractivity contribution < 1.29 is 8.98 Å². The van der Waals surface area contributed by atoms with Gasteiger partial charge in [-0.2, -0.15) is 3.71 Å². The van der Waals surface area contributed by atoms with E-state index in [1.807, 2.05) is 0 Å². The minimum Gasteiger partial charge on any atom is -0.377 e. The average molecular weight is 157 g/mol. The van der Waals surface area contributed by atoms with Gasteiger partial charge in [-0.1, -0.05) is 0 Å². The third-order valence-corrected chi connectivity index (χ3v) is 0.724. The number of carbonyl (C=O) groups excluding carboxylic acids is 1. The molecule has 0 saturated carbocycles. The third-order valence-electron chi connectivity index (χ3n) is 0.241. The van der Waals surface area contributed by atoms with Crippen LogP contribution in [0.1, 0.15) is 0 Å². The van der Waals surface area contributed by atoms with Gasteiger partial charge in [-0.3, -0.25) is 0 Å². The summed E-state index contributed by atoms with van der Waals surface area (Å²) in [4.78, 5) is 9.99. The van der Waals surface area contributed by atoms with Crippen LogP contribution < -0.4 is 0 Å². The highest BCUT2D eigenvalue weighted by atomic mass is 32.2. The molecule has 0 fully saturated rings. The fourth-order valence-corrected chi connectivity index (χ4v) is 0.329. The SMILES string of the molecule is O=C(OS)N(S)S. The van der Waals surface area contributed by atoms with Gasteiger partial charge in [-0.05, 0) is 25.6 Å². The predicted molar refractivity (Wildman–Crippen MR) is 35.3 cm³/mol. The van der Waals surface area contributed by atoms with Gasteiger partial charge in [-0.25, -0.2) is 4.79 Å². The number of carbonyl (C=O) groups is 1. The molecular weight excluding hydrogens is 154 g/mol. The Kier molecular flexibility index (Phi) is 3.49. The molecule has 0 atom stereocenters. The van der Waals surface area contributed by atoms with Gasteiger partial charge in [-0.15, -0.1) is 0 Å². The quantitative estimate of drug-likeness (QED) is 0.361. The van der Waals surface area contributed by atoms with Gasteiger partial charge in [0.15, 0.2) is 0 Å². The van der Waals surface area contributed by atoms with Crippen molar-refractivity contribution in [2.75, 3.05) is 0 Å². The zero-order chi connectivity index (χ0) is 5.86. The van der Waals surface area contributed by atoms with Gasteiger partial charge < -0.3 is 4.18 Å². The second-order valence-corrected chi connectivity index (χ2v) is 1.94. The van der Waals surface area contributed by atoms with E-state index in [1.54, 1.807) is 0 Å². The van der Waals surface area contributed by atoms with Crippen LogP contribution in [0.2, 0.25) is 0 Å². The molecule has 0 spiro atoms. The van der Waals surface area contributed by atoms with Gasteiger partial charge >= 0.3 is 6.09 Å². The fraction of sp³-hybridized carbons (Fsp3) is 0. The van der Waals surface area contributed by atoms with Gasteiger partial charge in [0.25, 0.3) is 0 Å². The molecule has 0 aliphatic heterocycles. The Balaban J connectivity index is 3.35. The maximum Gasteiger partial charge on any atom is 0.441 e. The van der Waals surface area contributed by atoms with E-state index in [-0.39, 0.29) is 0 Å². The summed E-state index contributed by atoms with van der Waals surface area (Å²) in [5.41, 5.74) is 0. The highest BCUT2D eigenvalue weighted by Crippen LogP contribution is 2.00. The number of hydrogen-bond donors (Lipinski definition) is 3. The van der Waals surface area contributed by atoms with E-state index in [0.29, 0.717) is 3.71 Å². The van der Waals surface area contributed by atoms with Crippen molar-refractivity contribution in [3.8, 4) is 0 Å². The number of thiol groups is 3. The number of nitrogens with zero attached hydrogens (tertiary/aromatic N) is 1. The molecule has 1 amide bonds. The molecular formula is CH3NO2S3. The molecule has 0 aliphatic carbocycles. The zero-order valence-electron chi connectivity index (χ0n) is 3.11. The summed E-state index contributed by atoms with van der Waals surface area (Å²) in [6.07, 6.45) is -0.727. The first-order chi connectivity index (χ1) is 3.18. The van der Waals surface area contributed by atoms with Crippen molar-refractivity contribution in [3.05, 3.63) is 0 Å². The van der Waals surface area contributed by atoms with Crippen LogP contribution in [0.5, 0.6) is 0 Å². The normalized spacial score (nSPS) is 7.86. The van der Waals surface area contributed by atoms with Crippen LogP contribution in [0.4, 0.5) is 4.79 Å². The van der Waals surface area contributed by atoms with Crippen molar-refractivity contribution in [3.63, 3.8) is 0 Å². The van der Waals surface area contributed by atoms with E-state index in [1.165, 1.54) is 0 Å². The summed E-state index contributed by atoms with van der Waals surface area (Å²) in [5, 5.41) is 0. The molecule has 7 heavy (non-hydrogen) atoms. The topological polar surface area (TPSA) is 29.5 Å². The minimum absolute atomic E-state index is 0.674. The molecule has 0 aromatic heterocycles. The van der Waals surface area contributed by atoms with E-state index in [4.69, 9.17) is 0 Å². The smallest absolute Gasteiger partial charge is 0.377 e. The molecule has 6 heteroatoms.